The molecule has 0 bridgehead atoms. The van der Waals surface area contributed by atoms with Crippen molar-refractivity contribution >= 4 is 17.5 Å². The number of aromatic nitrogens is 3. The molecule has 0 fully saturated rings. The van der Waals surface area contributed by atoms with Crippen LogP contribution in [0.5, 0.6) is 11.5 Å². The fraction of sp³-hybridized carbons (Fsp3) is 0.273. The Morgan fingerprint density at radius 2 is 1.81 bits per heavy atom. The zero-order chi connectivity index (χ0) is 21.8. The Morgan fingerprint density at radius 1 is 1.03 bits per heavy atom. The number of carbonyl (C=O) groups is 1. The van der Waals surface area contributed by atoms with Gasteiger partial charge in [-0.3, -0.25) is 14.2 Å². The number of ether oxygens (including phenoxy) is 2. The van der Waals surface area contributed by atoms with Crippen molar-refractivity contribution in [1.82, 2.24) is 20.1 Å². The first-order valence-electron chi connectivity index (χ1n) is 9.91. The molecule has 1 aliphatic heterocycles. The lowest BCUT2D eigenvalue weighted by atomic mass is 10.1. The van der Waals surface area contributed by atoms with Crippen LogP contribution in [0.3, 0.4) is 0 Å². The van der Waals surface area contributed by atoms with Gasteiger partial charge in [0, 0.05) is 25.3 Å². The van der Waals surface area contributed by atoms with Crippen LogP contribution in [0.15, 0.2) is 53.3 Å². The Hall–Kier alpha value is -3.88. The van der Waals surface area contributed by atoms with E-state index in [9.17, 15) is 9.59 Å². The molecule has 2 heterocycles. The highest BCUT2D eigenvalue weighted by atomic mass is 16.5. The molecule has 1 N–H and O–H groups in total. The fourth-order valence-corrected chi connectivity index (χ4v) is 3.49. The number of anilines is 2. The number of nitrogens with one attached hydrogen (secondary N) is 1. The molecule has 0 unspecified atom stereocenters. The van der Waals surface area contributed by atoms with Crippen molar-refractivity contribution in [2.24, 2.45) is 0 Å². The zero-order valence-electron chi connectivity index (χ0n) is 17.4. The second-order valence-corrected chi connectivity index (χ2v) is 7.01. The van der Waals surface area contributed by atoms with Gasteiger partial charge in [-0.15, -0.1) is 10.2 Å². The van der Waals surface area contributed by atoms with Crippen LogP contribution in [0.1, 0.15) is 16.1 Å². The quantitative estimate of drug-likeness (QED) is 0.621. The van der Waals surface area contributed by atoms with Crippen LogP contribution in [0, 0.1) is 0 Å². The largest absolute Gasteiger partial charge is 0.497 e. The fourth-order valence-electron chi connectivity index (χ4n) is 3.49. The minimum atomic E-state index is -0.529. The monoisotopic (exact) mass is 421 g/mol. The van der Waals surface area contributed by atoms with E-state index in [4.69, 9.17) is 9.47 Å². The van der Waals surface area contributed by atoms with E-state index in [1.807, 2.05) is 53.4 Å². The van der Waals surface area contributed by atoms with E-state index in [1.54, 1.807) is 14.2 Å². The Bertz CT molecular complexity index is 1140. The SMILES string of the molecule is COc1ccc(N2CCn3c2nnc(C(=O)NCCc2cccc(OC)c2)c3=O)cc1. The van der Waals surface area contributed by atoms with E-state index in [-0.39, 0.29) is 5.69 Å². The summed E-state index contributed by atoms with van der Waals surface area (Å²) in [4.78, 5) is 27.2. The van der Waals surface area contributed by atoms with Crippen LogP contribution in [-0.2, 0) is 13.0 Å². The molecule has 1 amide bonds. The third-order valence-electron chi connectivity index (χ3n) is 5.15. The maximum absolute atomic E-state index is 12.8. The van der Waals surface area contributed by atoms with Gasteiger partial charge >= 0.3 is 0 Å². The number of benzene rings is 2. The predicted molar refractivity (Wildman–Crippen MR) is 115 cm³/mol. The molecule has 4 rings (SSSR count). The number of fused-ring (bicyclic) bond motifs is 1. The summed E-state index contributed by atoms with van der Waals surface area (Å²) >= 11 is 0. The molecule has 0 atom stereocenters. The third kappa shape index (κ3) is 4.20. The number of nitrogens with zero attached hydrogens (tertiary/aromatic N) is 4. The van der Waals surface area contributed by atoms with E-state index < -0.39 is 11.5 Å². The van der Waals surface area contributed by atoms with Crippen molar-refractivity contribution in [2.75, 3.05) is 32.2 Å². The van der Waals surface area contributed by atoms with Crippen molar-refractivity contribution < 1.29 is 14.3 Å². The average Bonchev–Trinajstić information content (AvgIpc) is 3.24. The predicted octanol–water partition coefficient (Wildman–Crippen LogP) is 1.78. The summed E-state index contributed by atoms with van der Waals surface area (Å²) in [6.45, 7) is 1.36. The van der Waals surface area contributed by atoms with Gasteiger partial charge in [-0.05, 0) is 48.4 Å². The van der Waals surface area contributed by atoms with Crippen LogP contribution >= 0.6 is 0 Å². The maximum atomic E-state index is 12.8. The normalized spacial score (nSPS) is 12.4. The smallest absolute Gasteiger partial charge is 0.286 e. The number of hydrogen-bond acceptors (Lipinski definition) is 7. The number of rotatable bonds is 7. The van der Waals surface area contributed by atoms with Gasteiger partial charge in [-0.25, -0.2) is 0 Å². The summed E-state index contributed by atoms with van der Waals surface area (Å²) in [5, 5.41) is 10.8. The highest BCUT2D eigenvalue weighted by molar-refractivity contribution is 5.91. The summed E-state index contributed by atoms with van der Waals surface area (Å²) in [5.41, 5.74) is 1.24. The highest BCUT2D eigenvalue weighted by Crippen LogP contribution is 2.28. The molecule has 3 aromatic rings. The summed E-state index contributed by atoms with van der Waals surface area (Å²) in [6, 6.07) is 15.1. The number of carbonyl (C=O) groups excluding carboxylic acids is 1. The van der Waals surface area contributed by atoms with Gasteiger partial charge < -0.3 is 19.7 Å². The average molecular weight is 421 g/mol. The van der Waals surface area contributed by atoms with Crippen LogP contribution in [0.2, 0.25) is 0 Å². The van der Waals surface area contributed by atoms with Crippen molar-refractivity contribution in [3.05, 3.63) is 70.1 Å². The van der Waals surface area contributed by atoms with Gasteiger partial charge in [-0.1, -0.05) is 12.1 Å². The van der Waals surface area contributed by atoms with Crippen molar-refractivity contribution in [3.63, 3.8) is 0 Å². The summed E-state index contributed by atoms with van der Waals surface area (Å²) in [5.74, 6) is 1.39. The molecular weight excluding hydrogens is 398 g/mol. The molecule has 9 nitrogen and oxygen atoms in total. The molecule has 0 saturated carbocycles. The Labute approximate surface area is 179 Å². The summed E-state index contributed by atoms with van der Waals surface area (Å²) in [6.07, 6.45) is 0.605. The van der Waals surface area contributed by atoms with Crippen LogP contribution < -0.4 is 25.2 Å². The van der Waals surface area contributed by atoms with Crippen LogP contribution in [0.4, 0.5) is 11.6 Å². The van der Waals surface area contributed by atoms with E-state index >= 15 is 0 Å². The second-order valence-electron chi connectivity index (χ2n) is 7.01. The molecule has 1 aromatic heterocycles. The summed E-state index contributed by atoms with van der Waals surface area (Å²) < 4.78 is 11.9. The van der Waals surface area contributed by atoms with Gasteiger partial charge in [-0.2, -0.15) is 0 Å². The molecule has 160 valence electrons. The van der Waals surface area contributed by atoms with Gasteiger partial charge in [0.2, 0.25) is 11.6 Å². The molecule has 31 heavy (non-hydrogen) atoms. The molecule has 1 aliphatic rings. The van der Waals surface area contributed by atoms with Crippen LogP contribution in [-0.4, -0.2) is 48.0 Å². The third-order valence-corrected chi connectivity index (χ3v) is 5.15. The number of hydrogen-bond donors (Lipinski definition) is 1. The standard InChI is InChI=1S/C22H23N5O4/c1-30-17-8-6-16(7-9-17)26-12-13-27-21(29)19(24-25-22(26)27)20(28)23-11-10-15-4-3-5-18(14-15)31-2/h3-9,14H,10-13H2,1-2H3,(H,23,28). The molecule has 9 heteroatoms. The van der Waals surface area contributed by atoms with Crippen LogP contribution in [0.25, 0.3) is 0 Å². The molecule has 2 aromatic carbocycles. The Balaban J connectivity index is 1.45. The van der Waals surface area contributed by atoms with Crippen molar-refractivity contribution in [3.8, 4) is 11.5 Å². The molecular formula is C22H23N5O4. The lowest BCUT2D eigenvalue weighted by molar-refractivity contribution is 0.0945. The Kier molecular flexibility index (Phi) is 5.83. The van der Waals surface area contributed by atoms with E-state index in [2.05, 4.69) is 15.5 Å². The van der Waals surface area contributed by atoms with E-state index in [1.165, 1.54) is 4.57 Å². The van der Waals surface area contributed by atoms with Crippen molar-refractivity contribution in [1.29, 1.82) is 0 Å². The molecule has 0 spiro atoms. The minimum Gasteiger partial charge on any atom is -0.497 e. The van der Waals surface area contributed by atoms with E-state index in [0.29, 0.717) is 32.0 Å². The molecule has 0 aliphatic carbocycles. The first kappa shape index (κ1) is 20.4. The minimum absolute atomic E-state index is 0.203. The zero-order valence-corrected chi connectivity index (χ0v) is 17.4. The first-order valence-corrected chi connectivity index (χ1v) is 9.91. The lowest BCUT2D eigenvalue weighted by Gasteiger charge is -2.17. The summed E-state index contributed by atoms with van der Waals surface area (Å²) in [7, 11) is 3.21. The van der Waals surface area contributed by atoms with Gasteiger partial charge in [0.1, 0.15) is 11.5 Å². The number of methoxy groups -OCH3 is 2. The highest BCUT2D eigenvalue weighted by Gasteiger charge is 2.27. The topological polar surface area (TPSA) is 98.6 Å². The first-order chi connectivity index (χ1) is 15.1. The Morgan fingerprint density at radius 3 is 2.55 bits per heavy atom. The lowest BCUT2D eigenvalue weighted by Crippen LogP contribution is -2.35. The van der Waals surface area contributed by atoms with Crippen molar-refractivity contribution in [2.45, 2.75) is 13.0 Å². The van der Waals surface area contributed by atoms with E-state index in [0.717, 1.165) is 22.7 Å². The van der Waals surface area contributed by atoms with Gasteiger partial charge in [0.05, 0.1) is 14.2 Å². The molecule has 0 saturated heterocycles. The second kappa shape index (κ2) is 8.86. The van der Waals surface area contributed by atoms with Gasteiger partial charge in [0.25, 0.3) is 11.5 Å². The van der Waals surface area contributed by atoms with Gasteiger partial charge in [0.15, 0.2) is 0 Å². The molecule has 0 radical (unpaired) electrons. The number of amides is 1. The maximum Gasteiger partial charge on any atom is 0.286 e.